The van der Waals surface area contributed by atoms with E-state index in [0.717, 1.165) is 12.1 Å². The molecule has 0 radical (unpaired) electrons. The topological polar surface area (TPSA) is 109 Å². The minimum Gasteiger partial charge on any atom is -0.399 e. The number of aromatic nitrogens is 3. The lowest BCUT2D eigenvalue weighted by molar-refractivity contribution is -0.137. The number of hydrogen-bond acceptors (Lipinski definition) is 6. The van der Waals surface area contributed by atoms with Crippen LogP contribution in [0.25, 0.3) is 11.0 Å². The fraction of sp³-hybridized carbons (Fsp3) is 0.350. The highest BCUT2D eigenvalue weighted by molar-refractivity contribution is 6.28. The van der Waals surface area contributed by atoms with Crippen molar-refractivity contribution in [2.75, 3.05) is 37.4 Å². The molecule has 2 aromatic heterocycles. The van der Waals surface area contributed by atoms with E-state index in [1.165, 1.54) is 6.07 Å². The Labute approximate surface area is 185 Å². The Bertz CT molecular complexity index is 1160. The molecule has 1 aliphatic heterocycles. The van der Waals surface area contributed by atoms with Gasteiger partial charge >= 0.3 is 6.18 Å². The molecule has 4 rings (SSSR count). The summed E-state index contributed by atoms with van der Waals surface area (Å²) in [6.07, 6.45) is -4.52. The molecule has 1 saturated heterocycles. The first-order valence-corrected chi connectivity index (χ1v) is 10.2. The van der Waals surface area contributed by atoms with Crippen molar-refractivity contribution in [1.82, 2.24) is 19.9 Å². The monoisotopic (exact) mass is 468 g/mol. The van der Waals surface area contributed by atoms with Crippen LogP contribution in [-0.2, 0) is 10.9 Å². The van der Waals surface area contributed by atoms with Gasteiger partial charge in [0.15, 0.2) is 5.82 Å². The molecule has 4 N–H and O–H groups in total. The van der Waals surface area contributed by atoms with Crippen LogP contribution in [0.15, 0.2) is 24.3 Å². The highest BCUT2D eigenvalue weighted by Crippen LogP contribution is 2.34. The first kappa shape index (κ1) is 22.2. The van der Waals surface area contributed by atoms with Gasteiger partial charge in [0.1, 0.15) is 11.2 Å². The van der Waals surface area contributed by atoms with Crippen LogP contribution in [0.2, 0.25) is 5.28 Å². The number of anilines is 2. The van der Waals surface area contributed by atoms with Gasteiger partial charge in [0.05, 0.1) is 30.3 Å². The van der Waals surface area contributed by atoms with E-state index >= 15 is 0 Å². The van der Waals surface area contributed by atoms with Crippen LogP contribution < -0.4 is 11.1 Å². The second-order valence-electron chi connectivity index (χ2n) is 7.44. The molecule has 1 aromatic carbocycles. The lowest BCUT2D eigenvalue weighted by atomic mass is 10.0. The number of H-pyrrole nitrogens is 1. The molecule has 1 atom stereocenters. The molecule has 0 saturated carbocycles. The average molecular weight is 469 g/mol. The fourth-order valence-electron chi connectivity index (χ4n) is 3.52. The third-order valence-corrected chi connectivity index (χ3v) is 5.31. The average Bonchev–Trinajstić information content (AvgIpc) is 3.17. The molecule has 170 valence electrons. The van der Waals surface area contributed by atoms with Gasteiger partial charge in [-0.3, -0.25) is 4.79 Å². The number of nitrogens with zero attached hydrogens (tertiary/aromatic N) is 3. The number of carbonyl (C=O) groups is 1. The van der Waals surface area contributed by atoms with Crippen LogP contribution in [-0.4, -0.2) is 52.1 Å². The van der Waals surface area contributed by atoms with Crippen molar-refractivity contribution in [2.24, 2.45) is 0 Å². The fourth-order valence-corrected chi connectivity index (χ4v) is 3.70. The van der Waals surface area contributed by atoms with Crippen LogP contribution in [0.4, 0.5) is 24.7 Å². The van der Waals surface area contributed by atoms with Crippen LogP contribution >= 0.6 is 11.6 Å². The summed E-state index contributed by atoms with van der Waals surface area (Å²) in [4.78, 5) is 25.8. The van der Waals surface area contributed by atoms with Gasteiger partial charge in [0.2, 0.25) is 5.28 Å². The molecule has 3 heterocycles. The van der Waals surface area contributed by atoms with Crippen molar-refractivity contribution >= 4 is 40.0 Å². The molecule has 0 aliphatic carbocycles. The second kappa shape index (κ2) is 8.47. The summed E-state index contributed by atoms with van der Waals surface area (Å²) in [5.41, 5.74) is 6.27. The third-order valence-electron chi connectivity index (χ3n) is 5.14. The first-order valence-electron chi connectivity index (χ1n) is 9.79. The number of fused-ring (bicyclic) bond motifs is 1. The summed E-state index contributed by atoms with van der Waals surface area (Å²) in [6, 6.07) is 4.32. The Morgan fingerprint density at radius 1 is 1.25 bits per heavy atom. The van der Waals surface area contributed by atoms with Crippen molar-refractivity contribution in [3.63, 3.8) is 0 Å². The normalized spacial score (nSPS) is 15.7. The Hall–Kier alpha value is -3.05. The van der Waals surface area contributed by atoms with Crippen molar-refractivity contribution < 1.29 is 22.7 Å². The maximum absolute atomic E-state index is 13.2. The largest absolute Gasteiger partial charge is 0.416 e. The van der Waals surface area contributed by atoms with Crippen LogP contribution in [0.3, 0.4) is 0 Å². The second-order valence-corrected chi connectivity index (χ2v) is 7.78. The number of halogens is 4. The Kier molecular flexibility index (Phi) is 5.87. The highest BCUT2D eigenvalue weighted by atomic mass is 35.5. The number of benzene rings is 1. The minimum atomic E-state index is -4.52. The zero-order valence-corrected chi connectivity index (χ0v) is 17.7. The van der Waals surface area contributed by atoms with Gasteiger partial charge in [-0.25, -0.2) is 4.98 Å². The number of carbonyl (C=O) groups excluding carboxylic acids is 1. The van der Waals surface area contributed by atoms with Gasteiger partial charge in [-0.05, 0) is 48.4 Å². The predicted molar refractivity (Wildman–Crippen MR) is 114 cm³/mol. The Balaban J connectivity index is 1.65. The molecule has 8 nitrogen and oxygen atoms in total. The number of aromatic amines is 1. The standard InChI is InChI=1S/C20H20ClF3N6O2/c1-10(11-6-12(20(22,23)24)8-13(25)7-11)26-17-16-14(28-19(21)29-17)9-15(27-16)18(31)30-2-4-32-5-3-30/h6-10,27H,2-5,25H2,1H3,(H,26,28,29). The van der Waals surface area contributed by atoms with Crippen molar-refractivity contribution in [3.05, 3.63) is 46.4 Å². The quantitative estimate of drug-likeness (QED) is 0.396. The number of nitrogens with one attached hydrogen (secondary N) is 2. The van der Waals surface area contributed by atoms with E-state index in [9.17, 15) is 18.0 Å². The maximum atomic E-state index is 13.2. The molecular formula is C20H20ClF3N6O2. The van der Waals surface area contributed by atoms with E-state index in [1.54, 1.807) is 17.9 Å². The highest BCUT2D eigenvalue weighted by Gasteiger charge is 2.31. The van der Waals surface area contributed by atoms with Gasteiger partial charge in [-0.15, -0.1) is 0 Å². The number of hydrogen-bond donors (Lipinski definition) is 3. The van der Waals surface area contributed by atoms with Gasteiger partial charge in [0.25, 0.3) is 5.91 Å². The van der Waals surface area contributed by atoms with Crippen molar-refractivity contribution in [1.29, 1.82) is 0 Å². The van der Waals surface area contributed by atoms with Crippen LogP contribution in [0, 0.1) is 0 Å². The van der Waals surface area contributed by atoms with Crippen molar-refractivity contribution in [2.45, 2.75) is 19.1 Å². The van der Waals surface area contributed by atoms with Crippen LogP contribution in [0.1, 0.15) is 34.6 Å². The summed E-state index contributed by atoms with van der Waals surface area (Å²) in [6.45, 7) is 3.53. The third kappa shape index (κ3) is 4.58. The van der Waals surface area contributed by atoms with E-state index in [-0.39, 0.29) is 22.7 Å². The van der Waals surface area contributed by atoms with E-state index < -0.39 is 17.8 Å². The van der Waals surface area contributed by atoms with Crippen LogP contribution in [0.5, 0.6) is 0 Å². The number of rotatable bonds is 4. The van der Waals surface area contributed by atoms with Gasteiger partial charge in [0, 0.05) is 18.8 Å². The Morgan fingerprint density at radius 2 is 1.97 bits per heavy atom. The number of amides is 1. The number of ether oxygens (including phenoxy) is 1. The van der Waals surface area contributed by atoms with E-state index in [4.69, 9.17) is 22.1 Å². The molecule has 0 spiro atoms. The van der Waals surface area contributed by atoms with Gasteiger partial charge in [-0.1, -0.05) is 0 Å². The van der Waals surface area contributed by atoms with Gasteiger partial charge < -0.3 is 25.7 Å². The lowest BCUT2D eigenvalue weighted by Crippen LogP contribution is -2.40. The molecule has 3 aromatic rings. The molecule has 1 amide bonds. The molecule has 0 bridgehead atoms. The molecule has 32 heavy (non-hydrogen) atoms. The minimum absolute atomic E-state index is 0.00684. The number of morpholine rings is 1. The predicted octanol–water partition coefficient (Wildman–Crippen LogP) is 3.86. The van der Waals surface area contributed by atoms with E-state index in [1.807, 2.05) is 0 Å². The van der Waals surface area contributed by atoms with Gasteiger partial charge in [-0.2, -0.15) is 18.2 Å². The lowest BCUT2D eigenvalue weighted by Gasteiger charge is -2.26. The Morgan fingerprint density at radius 3 is 2.66 bits per heavy atom. The molecule has 1 unspecified atom stereocenters. The molecular weight excluding hydrogens is 449 g/mol. The zero-order valence-electron chi connectivity index (χ0n) is 17.0. The zero-order chi connectivity index (χ0) is 23.0. The number of nitrogens with two attached hydrogens (primary N) is 1. The number of nitrogen functional groups attached to an aromatic ring is 1. The summed E-state index contributed by atoms with van der Waals surface area (Å²) >= 11 is 6.04. The summed E-state index contributed by atoms with van der Waals surface area (Å²) < 4.78 is 44.8. The summed E-state index contributed by atoms with van der Waals surface area (Å²) in [5, 5.41) is 2.98. The molecule has 1 aliphatic rings. The van der Waals surface area contributed by atoms with Crippen molar-refractivity contribution in [3.8, 4) is 0 Å². The van der Waals surface area contributed by atoms with E-state index in [2.05, 4.69) is 20.3 Å². The summed E-state index contributed by atoms with van der Waals surface area (Å²) in [5.74, 6) is 0.0385. The summed E-state index contributed by atoms with van der Waals surface area (Å²) in [7, 11) is 0. The first-order chi connectivity index (χ1) is 15.1. The molecule has 1 fully saturated rings. The maximum Gasteiger partial charge on any atom is 0.416 e. The smallest absolute Gasteiger partial charge is 0.399 e. The SMILES string of the molecule is CC(Nc1nc(Cl)nc2cc(C(=O)N3CCOCC3)[nH]c12)c1cc(N)cc(C(F)(F)F)c1. The molecule has 12 heteroatoms. The number of alkyl halides is 3. The van der Waals surface area contributed by atoms with E-state index in [0.29, 0.717) is 48.6 Å².